The van der Waals surface area contributed by atoms with Crippen LogP contribution in [0.3, 0.4) is 0 Å². The molecule has 0 aliphatic carbocycles. The van der Waals surface area contributed by atoms with E-state index in [1.54, 1.807) is 0 Å². The molecule has 0 aromatic carbocycles. The van der Waals surface area contributed by atoms with Crippen molar-refractivity contribution in [3.8, 4) is 0 Å². The molecule has 0 radical (unpaired) electrons. The number of primary amides is 1. The number of carbonyl (C=O) groups is 7. The molecule has 1 fully saturated rings. The minimum atomic E-state index is -1.76. The Morgan fingerprint density at radius 1 is 0.895 bits per heavy atom. The molecule has 7 atom stereocenters. The second kappa shape index (κ2) is 14.2. The number of likely N-dealkylation sites (tertiary alicyclic amines) is 1. The summed E-state index contributed by atoms with van der Waals surface area (Å²) in [6.07, 6.45) is -4.05. The van der Waals surface area contributed by atoms with Crippen molar-refractivity contribution in [3.63, 3.8) is 0 Å². The molecule has 1 heterocycles. The van der Waals surface area contributed by atoms with Gasteiger partial charge in [-0.05, 0) is 26.7 Å². The van der Waals surface area contributed by atoms with Crippen LogP contribution in [0.2, 0.25) is 0 Å². The molecule has 0 saturated carbocycles. The Kier molecular flexibility index (Phi) is 12.0. The number of rotatable bonds is 14. The fraction of sp³-hybridized carbons (Fsp3) is 0.667. The van der Waals surface area contributed by atoms with Gasteiger partial charge in [0.15, 0.2) is 0 Å². The summed E-state index contributed by atoms with van der Waals surface area (Å²) >= 11 is 0. The van der Waals surface area contributed by atoms with Gasteiger partial charge in [-0.15, -0.1) is 0 Å². The number of aliphatic hydroxyl groups excluding tert-OH is 2. The summed E-state index contributed by atoms with van der Waals surface area (Å²) in [7, 11) is 0. The first-order valence-corrected chi connectivity index (χ1v) is 11.6. The van der Waals surface area contributed by atoms with Gasteiger partial charge < -0.3 is 52.7 Å². The molecule has 1 aliphatic heterocycles. The summed E-state index contributed by atoms with van der Waals surface area (Å²) < 4.78 is 0. The molecule has 214 valence electrons. The maximum Gasteiger partial charge on any atom is 0.326 e. The molecule has 11 N–H and O–H groups in total. The Hall–Kier alpha value is -3.83. The van der Waals surface area contributed by atoms with Gasteiger partial charge in [-0.1, -0.05) is 0 Å². The van der Waals surface area contributed by atoms with Crippen molar-refractivity contribution in [2.24, 2.45) is 11.5 Å². The third kappa shape index (κ3) is 9.24. The highest BCUT2D eigenvalue weighted by Crippen LogP contribution is 2.20. The van der Waals surface area contributed by atoms with Crippen molar-refractivity contribution >= 4 is 41.5 Å². The van der Waals surface area contributed by atoms with E-state index in [-0.39, 0.29) is 13.0 Å². The minimum absolute atomic E-state index is 0.0153. The van der Waals surface area contributed by atoms with Crippen LogP contribution in [-0.4, -0.2) is 116 Å². The molecule has 0 aromatic rings. The maximum atomic E-state index is 13.3. The molecule has 0 bridgehead atoms. The summed E-state index contributed by atoms with van der Waals surface area (Å²) in [6, 6.07) is -7.72. The summed E-state index contributed by atoms with van der Waals surface area (Å²) in [5.74, 6) is -8.05. The van der Waals surface area contributed by atoms with Gasteiger partial charge in [-0.25, -0.2) is 4.79 Å². The number of hydrogen-bond donors (Lipinski definition) is 9. The molecular formula is C21H34N6O11. The van der Waals surface area contributed by atoms with Gasteiger partial charge in [0.05, 0.1) is 25.0 Å². The van der Waals surface area contributed by atoms with Crippen molar-refractivity contribution in [2.75, 3.05) is 6.54 Å². The number of carbonyl (C=O) groups excluding carboxylic acids is 5. The first-order chi connectivity index (χ1) is 17.6. The smallest absolute Gasteiger partial charge is 0.326 e. The highest BCUT2D eigenvalue weighted by Gasteiger charge is 2.40. The van der Waals surface area contributed by atoms with Gasteiger partial charge in [0.1, 0.15) is 30.2 Å². The van der Waals surface area contributed by atoms with Crippen LogP contribution in [0, 0.1) is 0 Å². The highest BCUT2D eigenvalue weighted by atomic mass is 16.4. The van der Waals surface area contributed by atoms with Gasteiger partial charge in [0.25, 0.3) is 0 Å². The molecule has 1 aliphatic rings. The number of nitrogens with one attached hydrogen (secondary N) is 3. The van der Waals surface area contributed by atoms with E-state index in [1.165, 1.54) is 6.92 Å². The van der Waals surface area contributed by atoms with E-state index in [4.69, 9.17) is 21.7 Å². The van der Waals surface area contributed by atoms with Crippen LogP contribution in [-0.2, 0) is 33.6 Å². The van der Waals surface area contributed by atoms with Crippen LogP contribution in [0.5, 0.6) is 0 Å². The molecular weight excluding hydrogens is 512 g/mol. The lowest BCUT2D eigenvalue weighted by atomic mass is 10.1. The number of nitrogens with two attached hydrogens (primary N) is 2. The van der Waals surface area contributed by atoms with Crippen molar-refractivity contribution in [1.29, 1.82) is 0 Å². The number of nitrogens with zero attached hydrogens (tertiary/aromatic N) is 1. The predicted octanol–water partition coefficient (Wildman–Crippen LogP) is -5.04. The third-order valence-corrected chi connectivity index (χ3v) is 5.74. The quantitative estimate of drug-likeness (QED) is 0.0989. The Balaban J connectivity index is 3.09. The van der Waals surface area contributed by atoms with E-state index in [2.05, 4.69) is 16.0 Å². The zero-order chi connectivity index (χ0) is 29.3. The standard InChI is InChI=1S/C21H34N6O11/c1-8(28)15(23)18(34)26-16(9(2)29)19(35)24-10(6-13(22)30)20(36)27-5-3-4-12(27)17(33)25-11(21(37)38)7-14(31)32/h8-12,15-16,28-29H,3-7,23H2,1-2H3,(H2,22,30)(H,24,35)(H,25,33)(H,26,34)(H,31,32)(H,37,38)/t8-,9-,10+,11+,12+,15+,16+/m1/s1. The van der Waals surface area contributed by atoms with Crippen molar-refractivity contribution in [2.45, 2.75) is 81.9 Å². The summed E-state index contributed by atoms with van der Waals surface area (Å²) in [4.78, 5) is 85.8. The number of carboxylic acid groups (broad SMARTS) is 2. The zero-order valence-corrected chi connectivity index (χ0v) is 20.8. The molecule has 38 heavy (non-hydrogen) atoms. The highest BCUT2D eigenvalue weighted by molar-refractivity contribution is 5.98. The Morgan fingerprint density at radius 3 is 1.97 bits per heavy atom. The predicted molar refractivity (Wildman–Crippen MR) is 126 cm³/mol. The van der Waals surface area contributed by atoms with Gasteiger partial charge in [-0.3, -0.25) is 28.8 Å². The zero-order valence-electron chi connectivity index (χ0n) is 20.8. The van der Waals surface area contributed by atoms with Gasteiger partial charge in [0, 0.05) is 6.54 Å². The fourth-order valence-corrected chi connectivity index (χ4v) is 3.68. The van der Waals surface area contributed by atoms with E-state index in [0.717, 1.165) is 11.8 Å². The molecule has 17 nitrogen and oxygen atoms in total. The lowest BCUT2D eigenvalue weighted by Crippen LogP contribution is -2.61. The van der Waals surface area contributed by atoms with Crippen molar-refractivity contribution in [3.05, 3.63) is 0 Å². The Labute approximate surface area is 216 Å². The number of hydrogen-bond acceptors (Lipinski definition) is 10. The molecule has 5 amide bonds. The molecule has 0 aromatic heterocycles. The van der Waals surface area contributed by atoms with Crippen LogP contribution in [0.4, 0.5) is 0 Å². The largest absolute Gasteiger partial charge is 0.481 e. The van der Waals surface area contributed by atoms with E-state index in [1.807, 2.05) is 0 Å². The van der Waals surface area contributed by atoms with E-state index < -0.39 is 96.7 Å². The number of amides is 5. The number of aliphatic carboxylic acids is 2. The first kappa shape index (κ1) is 32.2. The summed E-state index contributed by atoms with van der Waals surface area (Å²) in [5, 5.41) is 43.9. The lowest BCUT2D eigenvalue weighted by Gasteiger charge is -2.30. The topological polar surface area (TPSA) is 292 Å². The lowest BCUT2D eigenvalue weighted by molar-refractivity contribution is -0.148. The molecule has 1 rings (SSSR count). The third-order valence-electron chi connectivity index (χ3n) is 5.74. The summed E-state index contributed by atoms with van der Waals surface area (Å²) in [6.45, 7) is 2.37. The second-order valence-corrected chi connectivity index (χ2v) is 8.91. The van der Waals surface area contributed by atoms with E-state index in [9.17, 15) is 43.8 Å². The Bertz CT molecular complexity index is 941. The normalized spacial score (nSPS) is 19.7. The van der Waals surface area contributed by atoms with Crippen molar-refractivity contribution in [1.82, 2.24) is 20.9 Å². The van der Waals surface area contributed by atoms with Gasteiger partial charge >= 0.3 is 11.9 Å². The first-order valence-electron chi connectivity index (χ1n) is 11.6. The molecule has 0 spiro atoms. The van der Waals surface area contributed by atoms with Crippen LogP contribution < -0.4 is 27.4 Å². The Morgan fingerprint density at radius 2 is 1.50 bits per heavy atom. The molecule has 17 heteroatoms. The van der Waals surface area contributed by atoms with Crippen LogP contribution in [0.15, 0.2) is 0 Å². The SMILES string of the molecule is C[C@@H](O)[C@H](N)C(=O)N[C@H](C(=O)N[C@@H](CC(N)=O)C(=O)N1CCC[C@H]1C(=O)N[C@@H](CC(=O)O)C(=O)O)[C@@H](C)O. The minimum Gasteiger partial charge on any atom is -0.481 e. The average Bonchev–Trinajstić information content (AvgIpc) is 3.29. The van der Waals surface area contributed by atoms with Crippen molar-refractivity contribution < 1.29 is 54.0 Å². The maximum absolute atomic E-state index is 13.3. The monoisotopic (exact) mass is 546 g/mol. The number of carboxylic acids is 2. The van der Waals surface area contributed by atoms with Crippen LogP contribution in [0.1, 0.15) is 39.5 Å². The summed E-state index contributed by atoms with van der Waals surface area (Å²) in [5.41, 5.74) is 10.7. The molecule has 0 unspecified atom stereocenters. The average molecular weight is 547 g/mol. The van der Waals surface area contributed by atoms with Gasteiger partial charge in [-0.2, -0.15) is 0 Å². The van der Waals surface area contributed by atoms with E-state index in [0.29, 0.717) is 6.42 Å². The van der Waals surface area contributed by atoms with E-state index >= 15 is 0 Å². The second-order valence-electron chi connectivity index (χ2n) is 8.91. The van der Waals surface area contributed by atoms with Crippen LogP contribution in [0.25, 0.3) is 0 Å². The van der Waals surface area contributed by atoms with Crippen LogP contribution >= 0.6 is 0 Å². The van der Waals surface area contributed by atoms with Gasteiger partial charge in [0.2, 0.25) is 29.5 Å². The number of aliphatic hydroxyl groups is 2. The fourth-order valence-electron chi connectivity index (χ4n) is 3.68. The molecule has 1 saturated heterocycles.